The molecule has 0 bridgehead atoms. The Hall–Kier alpha value is -1.36. The zero-order chi connectivity index (χ0) is 12.8. The summed E-state index contributed by atoms with van der Waals surface area (Å²) in [5.41, 5.74) is 0.0622. The third kappa shape index (κ3) is 4.19. The molecule has 17 heavy (non-hydrogen) atoms. The van der Waals surface area contributed by atoms with Crippen LogP contribution in [0.1, 0.15) is 32.8 Å². The van der Waals surface area contributed by atoms with Gasteiger partial charge >= 0.3 is 5.69 Å². The van der Waals surface area contributed by atoms with Crippen molar-refractivity contribution in [1.82, 2.24) is 14.9 Å². The van der Waals surface area contributed by atoms with E-state index in [0.29, 0.717) is 24.6 Å². The number of H-pyrrole nitrogens is 1. The Morgan fingerprint density at radius 1 is 1.41 bits per heavy atom. The van der Waals surface area contributed by atoms with Crippen molar-refractivity contribution in [2.45, 2.75) is 46.2 Å². The van der Waals surface area contributed by atoms with Gasteiger partial charge in [-0.3, -0.25) is 9.78 Å². The van der Waals surface area contributed by atoms with Crippen molar-refractivity contribution in [3.05, 3.63) is 32.6 Å². The Morgan fingerprint density at radius 2 is 2.12 bits per heavy atom. The summed E-state index contributed by atoms with van der Waals surface area (Å²) >= 11 is 0. The first-order valence-corrected chi connectivity index (χ1v) is 6.10. The number of hydrogen-bond acceptors (Lipinski definition) is 3. The lowest BCUT2D eigenvalue weighted by Gasteiger charge is -2.09. The van der Waals surface area contributed by atoms with Crippen LogP contribution in [0.15, 0.2) is 15.8 Å². The molecule has 0 aliphatic rings. The monoisotopic (exact) mass is 239 g/mol. The van der Waals surface area contributed by atoms with Crippen LogP contribution in [0.5, 0.6) is 0 Å². The SMILES string of the molecule is CCc1cn(CCCNC(C)C)c(=O)[nH]c1=O. The van der Waals surface area contributed by atoms with E-state index in [0.717, 1.165) is 13.0 Å². The fourth-order valence-electron chi connectivity index (χ4n) is 1.61. The second-order valence-corrected chi connectivity index (χ2v) is 4.42. The number of rotatable bonds is 6. The molecule has 0 amide bonds. The predicted octanol–water partition coefficient (Wildman–Crippen LogP) is 0.487. The van der Waals surface area contributed by atoms with Crippen LogP contribution in [0.4, 0.5) is 0 Å². The van der Waals surface area contributed by atoms with Crippen molar-refractivity contribution in [1.29, 1.82) is 0 Å². The summed E-state index contributed by atoms with van der Waals surface area (Å²) in [6, 6.07) is 0.452. The molecule has 0 spiro atoms. The van der Waals surface area contributed by atoms with Gasteiger partial charge in [0.2, 0.25) is 0 Å². The number of nitrogens with one attached hydrogen (secondary N) is 2. The molecule has 1 heterocycles. The van der Waals surface area contributed by atoms with Gasteiger partial charge in [-0.2, -0.15) is 0 Å². The average Bonchev–Trinajstić information content (AvgIpc) is 2.26. The molecule has 0 unspecified atom stereocenters. The lowest BCUT2D eigenvalue weighted by Crippen LogP contribution is -2.32. The normalized spacial score (nSPS) is 11.1. The Kier molecular flexibility index (Phi) is 5.15. The van der Waals surface area contributed by atoms with Gasteiger partial charge in [-0.25, -0.2) is 4.79 Å². The van der Waals surface area contributed by atoms with E-state index in [-0.39, 0.29) is 11.2 Å². The minimum atomic E-state index is -0.322. The Labute approximate surface area is 101 Å². The van der Waals surface area contributed by atoms with Crippen LogP contribution in [0.3, 0.4) is 0 Å². The van der Waals surface area contributed by atoms with Crippen LogP contribution in [-0.4, -0.2) is 22.1 Å². The number of nitrogens with zero attached hydrogens (tertiary/aromatic N) is 1. The van der Waals surface area contributed by atoms with Crippen molar-refractivity contribution in [2.24, 2.45) is 0 Å². The summed E-state index contributed by atoms with van der Waals surface area (Å²) in [4.78, 5) is 25.2. The van der Waals surface area contributed by atoms with E-state index in [9.17, 15) is 9.59 Å². The summed E-state index contributed by atoms with van der Waals surface area (Å²) in [6.45, 7) is 7.56. The Morgan fingerprint density at radius 3 is 2.71 bits per heavy atom. The standard InChI is InChI=1S/C12H21N3O2/c1-4-10-8-15(12(17)14-11(10)16)7-5-6-13-9(2)3/h8-9,13H,4-7H2,1-3H3,(H,14,16,17). The van der Waals surface area contributed by atoms with E-state index >= 15 is 0 Å². The Bertz CT molecular complexity index is 460. The predicted molar refractivity (Wildman–Crippen MR) is 68.5 cm³/mol. The summed E-state index contributed by atoms with van der Waals surface area (Å²) in [6.07, 6.45) is 3.17. The highest BCUT2D eigenvalue weighted by atomic mass is 16.2. The zero-order valence-electron chi connectivity index (χ0n) is 10.7. The first-order valence-electron chi connectivity index (χ1n) is 6.10. The van der Waals surface area contributed by atoms with Crippen LogP contribution in [-0.2, 0) is 13.0 Å². The van der Waals surface area contributed by atoms with Gasteiger partial charge in [0, 0.05) is 24.3 Å². The highest BCUT2D eigenvalue weighted by Crippen LogP contribution is 1.91. The fraction of sp³-hybridized carbons (Fsp3) is 0.667. The smallest absolute Gasteiger partial charge is 0.314 e. The van der Waals surface area contributed by atoms with E-state index in [1.165, 1.54) is 0 Å². The quantitative estimate of drug-likeness (QED) is 0.710. The largest absolute Gasteiger partial charge is 0.328 e. The molecular weight excluding hydrogens is 218 g/mol. The highest BCUT2D eigenvalue weighted by molar-refractivity contribution is 5.03. The molecule has 0 radical (unpaired) electrons. The van der Waals surface area contributed by atoms with Gasteiger partial charge in [0.25, 0.3) is 5.56 Å². The fourth-order valence-corrected chi connectivity index (χ4v) is 1.61. The van der Waals surface area contributed by atoms with Gasteiger partial charge < -0.3 is 9.88 Å². The maximum atomic E-state index is 11.5. The third-order valence-corrected chi connectivity index (χ3v) is 2.59. The molecule has 96 valence electrons. The van der Waals surface area contributed by atoms with Gasteiger partial charge in [-0.05, 0) is 19.4 Å². The Balaban J connectivity index is 2.65. The molecule has 1 rings (SSSR count). The van der Waals surface area contributed by atoms with Crippen LogP contribution < -0.4 is 16.6 Å². The minimum absolute atomic E-state index is 0.269. The number of aromatic nitrogens is 2. The topological polar surface area (TPSA) is 66.9 Å². The van der Waals surface area contributed by atoms with Crippen LogP contribution in [0.2, 0.25) is 0 Å². The van der Waals surface area contributed by atoms with Gasteiger partial charge in [-0.1, -0.05) is 20.8 Å². The molecule has 0 aliphatic heterocycles. The summed E-state index contributed by atoms with van der Waals surface area (Å²) in [7, 11) is 0. The van der Waals surface area contributed by atoms with Crippen LogP contribution in [0, 0.1) is 0 Å². The van der Waals surface area contributed by atoms with Crippen molar-refractivity contribution in [3.63, 3.8) is 0 Å². The molecule has 5 nitrogen and oxygen atoms in total. The molecular formula is C12H21N3O2. The molecule has 0 saturated heterocycles. The van der Waals surface area contributed by atoms with Crippen LogP contribution >= 0.6 is 0 Å². The average molecular weight is 239 g/mol. The minimum Gasteiger partial charge on any atom is -0.314 e. The van der Waals surface area contributed by atoms with Crippen LogP contribution in [0.25, 0.3) is 0 Å². The van der Waals surface area contributed by atoms with Gasteiger partial charge in [0.05, 0.1) is 0 Å². The first-order chi connectivity index (χ1) is 8.04. The molecule has 1 aromatic heterocycles. The summed E-state index contributed by atoms with van der Waals surface area (Å²) in [5, 5.41) is 3.29. The summed E-state index contributed by atoms with van der Waals surface area (Å²) < 4.78 is 1.57. The van der Waals surface area contributed by atoms with Gasteiger partial charge in [-0.15, -0.1) is 0 Å². The van der Waals surface area contributed by atoms with E-state index in [4.69, 9.17) is 0 Å². The molecule has 2 N–H and O–H groups in total. The van der Waals surface area contributed by atoms with E-state index in [1.807, 2.05) is 6.92 Å². The van der Waals surface area contributed by atoms with Crippen molar-refractivity contribution in [3.8, 4) is 0 Å². The van der Waals surface area contributed by atoms with E-state index < -0.39 is 0 Å². The number of aromatic amines is 1. The maximum Gasteiger partial charge on any atom is 0.328 e. The second-order valence-electron chi connectivity index (χ2n) is 4.42. The first kappa shape index (κ1) is 13.7. The van der Waals surface area contributed by atoms with Gasteiger partial charge in [0.15, 0.2) is 0 Å². The molecule has 1 aromatic rings. The van der Waals surface area contributed by atoms with E-state index in [2.05, 4.69) is 24.1 Å². The molecule has 0 atom stereocenters. The second kappa shape index (κ2) is 6.39. The lowest BCUT2D eigenvalue weighted by atomic mass is 10.2. The summed E-state index contributed by atoms with van der Waals surface area (Å²) in [5.74, 6) is 0. The van der Waals surface area contributed by atoms with Crippen molar-refractivity contribution < 1.29 is 0 Å². The number of hydrogen-bond donors (Lipinski definition) is 2. The number of aryl methyl sites for hydroxylation is 2. The zero-order valence-corrected chi connectivity index (χ0v) is 10.7. The van der Waals surface area contributed by atoms with Crippen molar-refractivity contribution >= 4 is 0 Å². The molecule has 0 aliphatic carbocycles. The molecule has 0 fully saturated rings. The van der Waals surface area contributed by atoms with Gasteiger partial charge in [0.1, 0.15) is 0 Å². The lowest BCUT2D eigenvalue weighted by molar-refractivity contribution is 0.523. The maximum absolute atomic E-state index is 11.5. The third-order valence-electron chi connectivity index (χ3n) is 2.59. The molecule has 0 aromatic carbocycles. The molecule has 0 saturated carbocycles. The van der Waals surface area contributed by atoms with E-state index in [1.54, 1.807) is 10.8 Å². The molecule has 5 heteroatoms. The van der Waals surface area contributed by atoms with Crippen molar-refractivity contribution in [2.75, 3.05) is 6.54 Å². The highest BCUT2D eigenvalue weighted by Gasteiger charge is 2.02.